The third kappa shape index (κ3) is 4.13. The van der Waals surface area contributed by atoms with Crippen LogP contribution in [0.4, 0.5) is 28.9 Å². The molecule has 32 heavy (non-hydrogen) atoms. The molecule has 1 aliphatic rings. The third-order valence-electron chi connectivity index (χ3n) is 4.71. The number of thiophene rings is 1. The molecular weight excluding hydrogens is 468 g/mol. The zero-order valence-electron chi connectivity index (χ0n) is 16.1. The largest absolute Gasteiger partial charge is 0.416 e. The molecule has 4 rings (SSSR count). The minimum absolute atomic E-state index is 0.0302. The molecule has 166 valence electrons. The predicted octanol–water partition coefficient (Wildman–Crippen LogP) is 5.39. The van der Waals surface area contributed by atoms with Crippen LogP contribution in [0.1, 0.15) is 20.8 Å². The van der Waals surface area contributed by atoms with E-state index in [1.165, 1.54) is 42.5 Å². The Morgan fingerprint density at radius 3 is 2.47 bits per heavy atom. The van der Waals surface area contributed by atoms with Crippen molar-refractivity contribution in [1.29, 1.82) is 0 Å². The Balaban J connectivity index is 1.71. The standard InChI is InChI=1S/C21H14F4N2O3S2/c22-15-6-4-13(5-7-15)12-27-17-8-9-31-20(17)19(28)18(32(27,29)30)11-26-16-3-1-2-14(10-16)21(23,24)25/h1-11,26H,12H2/b18-11-. The maximum absolute atomic E-state index is 13.3. The lowest BCUT2D eigenvalue weighted by Crippen LogP contribution is -2.38. The number of benzene rings is 2. The summed E-state index contributed by atoms with van der Waals surface area (Å²) in [6.45, 7) is -0.152. The molecule has 0 atom stereocenters. The maximum Gasteiger partial charge on any atom is 0.416 e. The number of nitrogens with one attached hydrogen (secondary N) is 1. The van der Waals surface area contributed by atoms with Crippen LogP contribution < -0.4 is 9.62 Å². The minimum atomic E-state index is -4.57. The average Bonchev–Trinajstić information content (AvgIpc) is 3.22. The van der Waals surface area contributed by atoms with Gasteiger partial charge in [0, 0.05) is 11.9 Å². The van der Waals surface area contributed by atoms with E-state index in [0.717, 1.165) is 34.0 Å². The first kappa shape index (κ1) is 22.0. The van der Waals surface area contributed by atoms with Gasteiger partial charge in [-0.2, -0.15) is 13.2 Å². The number of allylic oxidation sites excluding steroid dienone is 1. The van der Waals surface area contributed by atoms with Crippen LogP contribution >= 0.6 is 11.3 Å². The van der Waals surface area contributed by atoms with Crippen LogP contribution in [0.5, 0.6) is 0 Å². The molecule has 0 saturated heterocycles. The van der Waals surface area contributed by atoms with Crippen LogP contribution in [0.2, 0.25) is 0 Å². The number of hydrogen-bond donors (Lipinski definition) is 1. The number of carbonyl (C=O) groups excluding carboxylic acids is 1. The van der Waals surface area contributed by atoms with Crippen molar-refractivity contribution in [2.24, 2.45) is 0 Å². The highest BCUT2D eigenvalue weighted by molar-refractivity contribution is 7.97. The van der Waals surface area contributed by atoms with Crippen molar-refractivity contribution in [3.05, 3.63) is 92.9 Å². The number of ketones is 1. The fraction of sp³-hybridized carbons (Fsp3) is 0.0952. The molecule has 3 aromatic rings. The van der Waals surface area contributed by atoms with Gasteiger partial charge in [0.05, 0.1) is 17.8 Å². The number of sulfonamides is 1. The van der Waals surface area contributed by atoms with Gasteiger partial charge in [-0.3, -0.25) is 9.10 Å². The maximum atomic E-state index is 13.3. The number of fused-ring (bicyclic) bond motifs is 1. The highest BCUT2D eigenvalue weighted by Gasteiger charge is 2.41. The molecule has 0 fully saturated rings. The molecule has 0 radical (unpaired) electrons. The van der Waals surface area contributed by atoms with Gasteiger partial charge in [0.2, 0.25) is 5.78 Å². The Kier molecular flexibility index (Phi) is 5.55. The highest BCUT2D eigenvalue weighted by Crippen LogP contribution is 2.39. The molecule has 2 heterocycles. The molecule has 0 bridgehead atoms. The molecule has 2 aromatic carbocycles. The van der Waals surface area contributed by atoms with E-state index < -0.39 is 38.3 Å². The summed E-state index contributed by atoms with van der Waals surface area (Å²) in [5.74, 6) is -1.24. The number of halogens is 4. The molecule has 0 spiro atoms. The van der Waals surface area contributed by atoms with E-state index in [0.29, 0.717) is 5.56 Å². The summed E-state index contributed by atoms with van der Waals surface area (Å²) in [7, 11) is -4.34. The monoisotopic (exact) mass is 482 g/mol. The number of anilines is 2. The van der Waals surface area contributed by atoms with Gasteiger partial charge >= 0.3 is 6.18 Å². The van der Waals surface area contributed by atoms with Gasteiger partial charge in [0.1, 0.15) is 10.7 Å². The van der Waals surface area contributed by atoms with Crippen molar-refractivity contribution in [1.82, 2.24) is 0 Å². The number of alkyl halides is 3. The van der Waals surface area contributed by atoms with E-state index in [1.54, 1.807) is 5.38 Å². The van der Waals surface area contributed by atoms with Crippen LogP contribution in [-0.2, 0) is 22.7 Å². The first-order valence-electron chi connectivity index (χ1n) is 9.11. The van der Waals surface area contributed by atoms with Crippen LogP contribution in [0, 0.1) is 5.82 Å². The van der Waals surface area contributed by atoms with E-state index >= 15 is 0 Å². The van der Waals surface area contributed by atoms with Crippen LogP contribution in [0.25, 0.3) is 0 Å². The smallest absolute Gasteiger partial charge is 0.360 e. The van der Waals surface area contributed by atoms with E-state index in [1.807, 2.05) is 0 Å². The zero-order valence-corrected chi connectivity index (χ0v) is 17.7. The first-order valence-corrected chi connectivity index (χ1v) is 11.4. The number of carbonyl (C=O) groups is 1. The van der Waals surface area contributed by atoms with E-state index in [4.69, 9.17) is 0 Å². The van der Waals surface area contributed by atoms with Gasteiger partial charge in [-0.05, 0) is 47.3 Å². The normalized spacial score (nSPS) is 16.8. The van der Waals surface area contributed by atoms with Crippen molar-refractivity contribution in [2.75, 3.05) is 9.62 Å². The van der Waals surface area contributed by atoms with Gasteiger partial charge in [0.25, 0.3) is 10.0 Å². The van der Waals surface area contributed by atoms with E-state index in [2.05, 4.69) is 5.32 Å². The lowest BCUT2D eigenvalue weighted by atomic mass is 10.2. The van der Waals surface area contributed by atoms with Crippen molar-refractivity contribution < 1.29 is 30.8 Å². The van der Waals surface area contributed by atoms with Crippen LogP contribution in [0.3, 0.4) is 0 Å². The summed E-state index contributed by atoms with van der Waals surface area (Å²) < 4.78 is 79.6. The summed E-state index contributed by atoms with van der Waals surface area (Å²) in [5, 5.41) is 4.06. The number of rotatable bonds is 4. The molecule has 1 aliphatic heterocycles. The molecule has 0 amide bonds. The average molecular weight is 482 g/mol. The molecule has 0 unspecified atom stereocenters. The quantitative estimate of drug-likeness (QED) is 0.400. The second kappa shape index (κ2) is 8.06. The molecule has 11 heteroatoms. The van der Waals surface area contributed by atoms with E-state index in [-0.39, 0.29) is 22.8 Å². The van der Waals surface area contributed by atoms with Crippen molar-refractivity contribution in [3.63, 3.8) is 0 Å². The Morgan fingerprint density at radius 2 is 1.78 bits per heavy atom. The van der Waals surface area contributed by atoms with Crippen molar-refractivity contribution >= 4 is 38.5 Å². The number of Topliss-reactive ketones (excluding diaryl/α,β-unsaturated/α-hetero) is 1. The van der Waals surface area contributed by atoms with Gasteiger partial charge in [0.15, 0.2) is 4.91 Å². The molecule has 5 nitrogen and oxygen atoms in total. The Hall–Kier alpha value is -3.18. The Bertz CT molecular complexity index is 1310. The van der Waals surface area contributed by atoms with Gasteiger partial charge < -0.3 is 5.32 Å². The highest BCUT2D eigenvalue weighted by atomic mass is 32.2. The molecular formula is C21H14F4N2O3S2. The fourth-order valence-corrected chi connectivity index (χ4v) is 5.63. The van der Waals surface area contributed by atoms with Crippen molar-refractivity contribution in [3.8, 4) is 0 Å². The lowest BCUT2D eigenvalue weighted by molar-refractivity contribution is -0.137. The van der Waals surface area contributed by atoms with Crippen LogP contribution in [0.15, 0.2) is 71.1 Å². The summed E-state index contributed by atoms with van der Waals surface area (Å²) >= 11 is 1.05. The fourth-order valence-electron chi connectivity index (χ4n) is 3.15. The summed E-state index contributed by atoms with van der Waals surface area (Å²) in [6, 6.07) is 10.9. The topological polar surface area (TPSA) is 66.5 Å². The van der Waals surface area contributed by atoms with Crippen molar-refractivity contribution in [2.45, 2.75) is 12.7 Å². The summed E-state index contributed by atoms with van der Waals surface area (Å²) in [6.07, 6.45) is -3.68. The van der Waals surface area contributed by atoms with E-state index in [9.17, 15) is 30.8 Å². The molecule has 0 aliphatic carbocycles. The number of nitrogens with zero attached hydrogens (tertiary/aromatic N) is 1. The summed E-state index contributed by atoms with van der Waals surface area (Å²) in [4.78, 5) is 12.4. The molecule has 1 aromatic heterocycles. The zero-order chi connectivity index (χ0) is 23.1. The van der Waals surface area contributed by atoms with Gasteiger partial charge in [-0.1, -0.05) is 18.2 Å². The first-order chi connectivity index (χ1) is 15.1. The Labute approximate surface area is 184 Å². The van der Waals surface area contributed by atoms with Gasteiger partial charge in [-0.15, -0.1) is 11.3 Å². The molecule has 0 saturated carbocycles. The van der Waals surface area contributed by atoms with Gasteiger partial charge in [-0.25, -0.2) is 12.8 Å². The molecule has 1 N–H and O–H groups in total. The van der Waals surface area contributed by atoms with Crippen LogP contribution in [-0.4, -0.2) is 14.2 Å². The Morgan fingerprint density at radius 1 is 1.06 bits per heavy atom. The third-order valence-corrected chi connectivity index (χ3v) is 7.38. The second-order valence-corrected chi connectivity index (χ2v) is 9.58. The second-order valence-electron chi connectivity index (χ2n) is 6.83. The summed E-state index contributed by atoms with van der Waals surface area (Å²) in [5.41, 5.74) is -0.262. The SMILES string of the molecule is O=C1/C(=C/Nc2cccc(C(F)(F)F)c2)S(=O)(=O)N(Cc2ccc(F)cc2)c2ccsc21. The lowest BCUT2D eigenvalue weighted by Gasteiger charge is -2.29. The predicted molar refractivity (Wildman–Crippen MR) is 113 cm³/mol. The number of hydrogen-bond acceptors (Lipinski definition) is 5. The minimum Gasteiger partial charge on any atom is -0.360 e.